The highest BCUT2D eigenvalue weighted by atomic mass is 35.5. The van der Waals surface area contributed by atoms with Crippen LogP contribution in [0.15, 0.2) is 24.0 Å². The van der Waals surface area contributed by atoms with Crippen LogP contribution in [0.1, 0.15) is 33.1 Å². The Bertz CT molecular complexity index is 173. The lowest BCUT2D eigenvalue weighted by molar-refractivity contribution is -0.788. The van der Waals surface area contributed by atoms with Gasteiger partial charge in [-0.05, 0) is 12.8 Å². The third kappa shape index (κ3) is 3.42. The van der Waals surface area contributed by atoms with Crippen molar-refractivity contribution in [3.63, 3.8) is 0 Å². The minimum Gasteiger partial charge on any atom is -1.00 e. The zero-order valence-corrected chi connectivity index (χ0v) is 8.69. The lowest BCUT2D eigenvalue weighted by atomic mass is 10.2. The van der Waals surface area contributed by atoms with Gasteiger partial charge >= 0.3 is 0 Å². The molecule has 0 spiro atoms. The second-order valence-electron chi connectivity index (χ2n) is 3.08. The van der Waals surface area contributed by atoms with E-state index in [1.54, 1.807) is 0 Å². The molecular weight excluding hydrogens is 170 g/mol. The molecule has 0 aromatic carbocycles. The predicted octanol–water partition coefficient (Wildman–Crippen LogP) is -1.50. The van der Waals surface area contributed by atoms with Crippen LogP contribution in [0, 0.1) is 0 Å². The number of unbranched alkanes of at least 4 members (excludes halogenated alkanes) is 1. The van der Waals surface area contributed by atoms with E-state index in [9.17, 15) is 0 Å². The minimum absolute atomic E-state index is 0. The smallest absolute Gasteiger partial charge is 0.102 e. The maximum atomic E-state index is 2.33. The standard InChI is InChI=1S/C10H17N.ClH/c1-3-5-7-11-8-6-10(4-2)9-11;/h6,8-9H,3-5,7H2,1-2H3;1H. The van der Waals surface area contributed by atoms with Crippen molar-refractivity contribution in [1.29, 1.82) is 0 Å². The van der Waals surface area contributed by atoms with Gasteiger partial charge in [0.1, 0.15) is 6.20 Å². The summed E-state index contributed by atoms with van der Waals surface area (Å²) in [5.41, 5.74) is 1.48. The number of rotatable bonds is 4. The van der Waals surface area contributed by atoms with Crippen molar-refractivity contribution >= 4 is 0 Å². The summed E-state index contributed by atoms with van der Waals surface area (Å²) >= 11 is 0. The fourth-order valence-corrected chi connectivity index (χ4v) is 1.30. The van der Waals surface area contributed by atoms with Crippen LogP contribution in [0.4, 0.5) is 0 Å². The summed E-state index contributed by atoms with van der Waals surface area (Å²) in [6.45, 7) is 5.71. The van der Waals surface area contributed by atoms with Crippen LogP contribution < -0.4 is 17.3 Å². The fraction of sp³-hybridized carbons (Fsp3) is 0.600. The topological polar surface area (TPSA) is 4.44 Å². The molecule has 0 amide bonds. The molecule has 1 rings (SSSR count). The van der Waals surface area contributed by atoms with Gasteiger partial charge in [-0.1, -0.05) is 20.3 Å². The van der Waals surface area contributed by atoms with E-state index in [4.69, 9.17) is 0 Å². The van der Waals surface area contributed by atoms with Gasteiger partial charge in [0.2, 0.25) is 0 Å². The summed E-state index contributed by atoms with van der Waals surface area (Å²) < 4.78 is 0. The molecule has 0 saturated heterocycles. The number of allylic oxidation sites excluding steroid dienone is 2. The highest BCUT2D eigenvalue weighted by Crippen LogP contribution is 2.01. The van der Waals surface area contributed by atoms with Gasteiger partial charge in [-0.25, -0.2) is 0 Å². The number of nitrogens with one attached hydrogen (secondary N) is 1. The molecule has 70 valence electrons. The molecule has 0 aromatic rings. The second kappa shape index (κ2) is 6.27. The summed E-state index contributed by atoms with van der Waals surface area (Å²) in [4.78, 5) is 1.52. The molecule has 1 atom stereocenters. The number of halogens is 1. The second-order valence-corrected chi connectivity index (χ2v) is 3.08. The van der Waals surface area contributed by atoms with Crippen LogP contribution in [-0.2, 0) is 0 Å². The van der Waals surface area contributed by atoms with E-state index in [1.165, 1.54) is 36.3 Å². The van der Waals surface area contributed by atoms with Crippen molar-refractivity contribution in [3.05, 3.63) is 24.0 Å². The summed E-state index contributed by atoms with van der Waals surface area (Å²) in [6, 6.07) is 0. The van der Waals surface area contributed by atoms with Crippen LogP contribution in [0.25, 0.3) is 0 Å². The normalized spacial score (nSPS) is 20.5. The van der Waals surface area contributed by atoms with Crippen molar-refractivity contribution in [3.8, 4) is 0 Å². The van der Waals surface area contributed by atoms with E-state index < -0.39 is 0 Å². The van der Waals surface area contributed by atoms with E-state index in [1.807, 2.05) is 0 Å². The van der Waals surface area contributed by atoms with Gasteiger partial charge in [0, 0.05) is 11.6 Å². The summed E-state index contributed by atoms with van der Waals surface area (Å²) in [6.07, 6.45) is 10.6. The first-order valence-corrected chi connectivity index (χ1v) is 4.61. The van der Waals surface area contributed by atoms with Crippen LogP contribution in [-0.4, -0.2) is 6.54 Å². The van der Waals surface area contributed by atoms with Gasteiger partial charge in [-0.2, -0.15) is 0 Å². The first kappa shape index (κ1) is 11.7. The average Bonchev–Trinajstić information content (AvgIpc) is 2.48. The quantitative estimate of drug-likeness (QED) is 0.547. The highest BCUT2D eigenvalue weighted by molar-refractivity contribution is 5.17. The molecule has 1 heterocycles. The molecule has 1 unspecified atom stereocenters. The Balaban J connectivity index is 0.00000121. The van der Waals surface area contributed by atoms with Crippen molar-refractivity contribution in [1.82, 2.24) is 0 Å². The SMILES string of the molecule is CCCC[NH+]1C=CC(CC)=C1.[Cl-]. The molecule has 0 bridgehead atoms. The molecule has 0 radical (unpaired) electrons. The minimum atomic E-state index is 0. The van der Waals surface area contributed by atoms with Crippen LogP contribution in [0.2, 0.25) is 0 Å². The zero-order chi connectivity index (χ0) is 8.10. The molecule has 0 aliphatic carbocycles. The summed E-state index contributed by atoms with van der Waals surface area (Å²) in [5, 5.41) is 0. The lowest BCUT2D eigenvalue weighted by Gasteiger charge is -2.04. The Morgan fingerprint density at radius 1 is 1.33 bits per heavy atom. The molecule has 0 fully saturated rings. The largest absolute Gasteiger partial charge is 1.00 e. The van der Waals surface area contributed by atoms with E-state index in [0.29, 0.717) is 0 Å². The predicted molar refractivity (Wildman–Crippen MR) is 48.3 cm³/mol. The molecular formula is C10H18ClN. The number of hydrogen-bond acceptors (Lipinski definition) is 0. The van der Waals surface area contributed by atoms with Crippen LogP contribution in [0.3, 0.4) is 0 Å². The van der Waals surface area contributed by atoms with E-state index in [0.717, 1.165) is 0 Å². The molecule has 1 aliphatic heterocycles. The summed E-state index contributed by atoms with van der Waals surface area (Å²) in [7, 11) is 0. The Morgan fingerprint density at radius 3 is 2.58 bits per heavy atom. The van der Waals surface area contributed by atoms with Gasteiger partial charge in [0.15, 0.2) is 0 Å². The van der Waals surface area contributed by atoms with E-state index in [2.05, 4.69) is 32.3 Å². The van der Waals surface area contributed by atoms with Gasteiger partial charge in [-0.15, -0.1) is 0 Å². The van der Waals surface area contributed by atoms with Gasteiger partial charge in [0.05, 0.1) is 12.7 Å². The molecule has 1 aliphatic rings. The van der Waals surface area contributed by atoms with Gasteiger partial charge < -0.3 is 12.4 Å². The first-order valence-electron chi connectivity index (χ1n) is 4.61. The summed E-state index contributed by atoms with van der Waals surface area (Å²) in [5.74, 6) is 0. The fourth-order valence-electron chi connectivity index (χ4n) is 1.30. The van der Waals surface area contributed by atoms with Crippen LogP contribution in [0.5, 0.6) is 0 Å². The van der Waals surface area contributed by atoms with Crippen molar-refractivity contribution in [2.24, 2.45) is 0 Å². The van der Waals surface area contributed by atoms with Crippen molar-refractivity contribution < 1.29 is 17.3 Å². The molecule has 12 heavy (non-hydrogen) atoms. The van der Waals surface area contributed by atoms with Crippen molar-refractivity contribution in [2.45, 2.75) is 33.1 Å². The Labute approximate surface area is 81.6 Å². The third-order valence-electron chi connectivity index (χ3n) is 2.11. The third-order valence-corrected chi connectivity index (χ3v) is 2.11. The van der Waals surface area contributed by atoms with Gasteiger partial charge in [0.25, 0.3) is 0 Å². The van der Waals surface area contributed by atoms with Crippen LogP contribution >= 0.6 is 0 Å². The average molecular weight is 188 g/mol. The molecule has 1 N–H and O–H groups in total. The highest BCUT2D eigenvalue weighted by Gasteiger charge is 2.07. The maximum Gasteiger partial charge on any atom is 0.102 e. The Kier molecular flexibility index (Phi) is 6.13. The number of hydrogen-bond donors (Lipinski definition) is 1. The van der Waals surface area contributed by atoms with Crippen molar-refractivity contribution in [2.75, 3.05) is 6.54 Å². The lowest BCUT2D eigenvalue weighted by Crippen LogP contribution is -3.01. The monoisotopic (exact) mass is 187 g/mol. The maximum absolute atomic E-state index is 2.33. The van der Waals surface area contributed by atoms with E-state index >= 15 is 0 Å². The Hall–Kier alpha value is -0.270. The van der Waals surface area contributed by atoms with E-state index in [-0.39, 0.29) is 12.4 Å². The Morgan fingerprint density at radius 2 is 2.08 bits per heavy atom. The number of quaternary nitrogens is 1. The molecule has 0 aromatic heterocycles. The molecule has 2 heteroatoms. The molecule has 1 nitrogen and oxygen atoms in total. The molecule has 0 saturated carbocycles. The van der Waals surface area contributed by atoms with Gasteiger partial charge in [-0.3, -0.25) is 4.90 Å². The first-order chi connectivity index (χ1) is 5.36. The zero-order valence-electron chi connectivity index (χ0n) is 7.94.